The van der Waals surface area contributed by atoms with Crippen molar-refractivity contribution in [3.05, 3.63) is 51.9 Å². The topological polar surface area (TPSA) is 178 Å². The molecule has 198 valence electrons. The molecular formula is C29H22O10. The van der Waals surface area contributed by atoms with Crippen LogP contribution in [0.4, 0.5) is 0 Å². The monoisotopic (exact) mass is 530 g/mol. The minimum atomic E-state index is -0.769. The highest BCUT2D eigenvalue weighted by atomic mass is 16.5. The first-order valence-corrected chi connectivity index (χ1v) is 12.0. The Bertz CT molecular complexity index is 1990. The fourth-order valence-electron chi connectivity index (χ4n) is 5.41. The number of ether oxygens (including phenoxy) is 1. The van der Waals surface area contributed by atoms with Gasteiger partial charge < -0.3 is 39.8 Å². The maximum Gasteiger partial charge on any atom is 0.190 e. The van der Waals surface area contributed by atoms with Crippen LogP contribution in [0, 0.1) is 12.8 Å². The van der Waals surface area contributed by atoms with E-state index in [1.165, 1.54) is 18.2 Å². The Balaban J connectivity index is 1.82. The number of fused-ring (bicyclic) bond motifs is 4. The van der Waals surface area contributed by atoms with E-state index in [4.69, 9.17) is 9.15 Å². The first kappa shape index (κ1) is 24.2. The zero-order chi connectivity index (χ0) is 28.1. The number of hydrogen-bond donors (Lipinski definition) is 6. The van der Waals surface area contributed by atoms with Crippen molar-refractivity contribution in [1.82, 2.24) is 0 Å². The third kappa shape index (κ3) is 3.21. The highest BCUT2D eigenvalue weighted by molar-refractivity contribution is 6.19. The summed E-state index contributed by atoms with van der Waals surface area (Å²) in [5.74, 6) is -3.84. The molecule has 0 saturated carbocycles. The lowest BCUT2D eigenvalue weighted by molar-refractivity contribution is 0.0726. The summed E-state index contributed by atoms with van der Waals surface area (Å²) < 4.78 is 11.5. The van der Waals surface area contributed by atoms with Crippen molar-refractivity contribution >= 4 is 38.3 Å². The SMILES string of the molecule is Cc1cc(O)c2c(O)c3c(O)cc(=O)c(-c4c(O)cc(O)c5c(O)c6c(cc45)OC(C)C(C)C6=O)c3cc2o1. The second kappa shape index (κ2) is 7.94. The smallest absolute Gasteiger partial charge is 0.190 e. The average Bonchev–Trinajstić information content (AvgIpc) is 2.83. The van der Waals surface area contributed by atoms with Gasteiger partial charge in [0.25, 0.3) is 0 Å². The van der Waals surface area contributed by atoms with E-state index in [-0.39, 0.29) is 60.7 Å². The molecule has 10 nitrogen and oxygen atoms in total. The lowest BCUT2D eigenvalue weighted by atomic mass is 9.86. The van der Waals surface area contributed by atoms with Gasteiger partial charge in [0, 0.05) is 40.1 Å². The van der Waals surface area contributed by atoms with Gasteiger partial charge in [-0.1, -0.05) is 6.92 Å². The Morgan fingerprint density at radius 3 is 2.00 bits per heavy atom. The molecule has 0 bridgehead atoms. The predicted octanol–water partition coefficient (Wildman–Crippen LogP) is 4.91. The number of rotatable bonds is 1. The molecule has 0 saturated heterocycles. The lowest BCUT2D eigenvalue weighted by Crippen LogP contribution is -2.33. The maximum atomic E-state index is 13.4. The minimum Gasteiger partial charge on any atom is -0.507 e. The molecule has 4 aromatic carbocycles. The maximum absolute atomic E-state index is 13.4. The third-order valence-electron chi connectivity index (χ3n) is 7.42. The van der Waals surface area contributed by atoms with Crippen molar-refractivity contribution in [2.75, 3.05) is 0 Å². The van der Waals surface area contributed by atoms with Gasteiger partial charge in [-0.15, -0.1) is 0 Å². The fourth-order valence-corrected chi connectivity index (χ4v) is 5.41. The highest BCUT2D eigenvalue weighted by Crippen LogP contribution is 2.52. The molecule has 6 rings (SSSR count). The molecule has 0 spiro atoms. The molecule has 1 aromatic heterocycles. The summed E-state index contributed by atoms with van der Waals surface area (Å²) in [7, 11) is 0. The number of benzene rings is 4. The first-order valence-electron chi connectivity index (χ1n) is 12.0. The van der Waals surface area contributed by atoms with Crippen LogP contribution in [0.15, 0.2) is 39.5 Å². The molecule has 1 aliphatic heterocycles. The van der Waals surface area contributed by atoms with Crippen LogP contribution in [-0.2, 0) is 0 Å². The van der Waals surface area contributed by atoms with Gasteiger partial charge >= 0.3 is 0 Å². The quantitative estimate of drug-likeness (QED) is 0.163. The number of carbonyl (C=O) groups is 1. The van der Waals surface area contributed by atoms with Crippen molar-refractivity contribution in [3.8, 4) is 51.4 Å². The molecule has 10 heteroatoms. The number of phenols is 5. The van der Waals surface area contributed by atoms with Crippen LogP contribution >= 0.6 is 0 Å². The normalized spacial score (nSPS) is 17.1. The lowest BCUT2D eigenvalue weighted by Gasteiger charge is -2.29. The van der Waals surface area contributed by atoms with Crippen LogP contribution in [0.25, 0.3) is 43.6 Å². The number of hydrogen-bond acceptors (Lipinski definition) is 10. The molecule has 39 heavy (non-hydrogen) atoms. The van der Waals surface area contributed by atoms with Crippen molar-refractivity contribution < 1.29 is 44.6 Å². The number of phenolic OH excluding ortho intramolecular Hbond substituents is 5. The molecule has 0 radical (unpaired) electrons. The van der Waals surface area contributed by atoms with E-state index < -0.39 is 52.0 Å². The first-order chi connectivity index (χ1) is 18.4. The summed E-state index contributed by atoms with van der Waals surface area (Å²) in [4.78, 5) is 26.4. The summed E-state index contributed by atoms with van der Waals surface area (Å²) in [6, 6.07) is 5.71. The van der Waals surface area contributed by atoms with Crippen molar-refractivity contribution in [2.24, 2.45) is 5.92 Å². The summed E-state index contributed by atoms with van der Waals surface area (Å²) in [5.41, 5.74) is -1.28. The number of carbonyl (C=O) groups excluding carboxylic acids is 1. The Kier molecular flexibility index (Phi) is 4.93. The number of aromatic hydroxyl groups is 6. The predicted molar refractivity (Wildman–Crippen MR) is 141 cm³/mol. The Morgan fingerprint density at radius 1 is 0.667 bits per heavy atom. The zero-order valence-electron chi connectivity index (χ0n) is 20.9. The van der Waals surface area contributed by atoms with Crippen molar-refractivity contribution in [3.63, 3.8) is 0 Å². The minimum absolute atomic E-state index is 0.00114. The Labute approximate surface area is 219 Å². The second-order valence-corrected chi connectivity index (χ2v) is 9.82. The van der Waals surface area contributed by atoms with Gasteiger partial charge in [0.05, 0.1) is 16.7 Å². The van der Waals surface area contributed by atoms with Gasteiger partial charge in [-0.25, -0.2) is 0 Å². The molecule has 5 aromatic rings. The van der Waals surface area contributed by atoms with Gasteiger partial charge in [-0.2, -0.15) is 0 Å². The zero-order valence-corrected chi connectivity index (χ0v) is 20.9. The number of Topliss-reactive ketones (excluding diaryl/α,β-unsaturated/α-hetero) is 1. The van der Waals surface area contributed by atoms with E-state index in [2.05, 4.69) is 0 Å². The molecule has 2 atom stereocenters. The molecule has 2 heterocycles. The van der Waals surface area contributed by atoms with Gasteiger partial charge in [-0.05, 0) is 26.0 Å². The molecule has 6 N–H and O–H groups in total. The van der Waals surface area contributed by atoms with Crippen LogP contribution < -0.4 is 10.2 Å². The van der Waals surface area contributed by atoms with Crippen molar-refractivity contribution in [2.45, 2.75) is 26.9 Å². The van der Waals surface area contributed by atoms with E-state index in [9.17, 15) is 40.2 Å². The molecule has 0 amide bonds. The standard InChI is InChI=1S/C29H22O10/c1-9-4-14(30)25-19(38-9)5-12-21(15(31)7-17(33)23(12)28(25)36)22-13-6-20-26(27(35)10(2)11(3)39-20)29(37)24(13)18(34)8-16(22)32/h4-8,10-11,30,32-34,36-37H,1-3H3. The van der Waals surface area contributed by atoms with E-state index in [1.54, 1.807) is 20.8 Å². The fraction of sp³-hybridized carbons (Fsp3) is 0.172. The summed E-state index contributed by atoms with van der Waals surface area (Å²) in [6.07, 6.45) is -0.540. The van der Waals surface area contributed by atoms with E-state index >= 15 is 0 Å². The molecular weight excluding hydrogens is 508 g/mol. The van der Waals surface area contributed by atoms with Gasteiger partial charge in [0.1, 0.15) is 68.6 Å². The molecule has 2 unspecified atom stereocenters. The number of ketones is 1. The van der Waals surface area contributed by atoms with Crippen LogP contribution in [0.2, 0.25) is 0 Å². The van der Waals surface area contributed by atoms with E-state index in [0.717, 1.165) is 12.1 Å². The summed E-state index contributed by atoms with van der Waals surface area (Å²) >= 11 is 0. The molecule has 0 aliphatic carbocycles. The van der Waals surface area contributed by atoms with E-state index in [0.29, 0.717) is 5.76 Å². The average molecular weight is 530 g/mol. The van der Waals surface area contributed by atoms with Crippen LogP contribution in [0.1, 0.15) is 30.0 Å². The van der Waals surface area contributed by atoms with E-state index in [1.807, 2.05) is 0 Å². The molecule has 0 fully saturated rings. The number of aryl methyl sites for hydroxylation is 1. The van der Waals surface area contributed by atoms with Gasteiger partial charge in [0.2, 0.25) is 0 Å². The Morgan fingerprint density at radius 2 is 1.28 bits per heavy atom. The second-order valence-electron chi connectivity index (χ2n) is 9.82. The van der Waals surface area contributed by atoms with Crippen molar-refractivity contribution in [1.29, 1.82) is 0 Å². The largest absolute Gasteiger partial charge is 0.507 e. The highest BCUT2D eigenvalue weighted by Gasteiger charge is 2.36. The van der Waals surface area contributed by atoms with Crippen LogP contribution in [0.3, 0.4) is 0 Å². The van der Waals surface area contributed by atoms with Gasteiger partial charge in [-0.3, -0.25) is 9.59 Å². The molecule has 1 aliphatic rings. The summed E-state index contributed by atoms with van der Waals surface area (Å²) in [5, 5.41) is 64.5. The summed E-state index contributed by atoms with van der Waals surface area (Å²) in [6.45, 7) is 4.90. The van der Waals surface area contributed by atoms with Gasteiger partial charge in [0.15, 0.2) is 11.2 Å². The Hall–Kier alpha value is -5.12. The third-order valence-corrected chi connectivity index (χ3v) is 7.42. The van der Waals surface area contributed by atoms with Crippen LogP contribution in [0.5, 0.6) is 40.2 Å². The van der Waals surface area contributed by atoms with Crippen LogP contribution in [-0.4, -0.2) is 42.5 Å².